The Morgan fingerprint density at radius 3 is 2.83 bits per heavy atom. The molecule has 0 saturated heterocycles. The third kappa shape index (κ3) is 3.79. The molecule has 0 aliphatic carbocycles. The lowest BCUT2D eigenvalue weighted by Gasteiger charge is -2.18. The van der Waals surface area contributed by atoms with Gasteiger partial charge in [0.05, 0.1) is 5.69 Å². The van der Waals surface area contributed by atoms with Gasteiger partial charge in [0, 0.05) is 5.69 Å². The summed E-state index contributed by atoms with van der Waals surface area (Å²) in [5, 5.41) is 5.41. The number of aryl methyl sites for hydroxylation is 1. The van der Waals surface area contributed by atoms with Crippen LogP contribution in [0.15, 0.2) is 42.5 Å². The number of carbonyl (C=O) groups is 2. The number of fused-ring (bicyclic) bond motifs is 1. The standard InChI is InChI=1S/C17H16N2O4/c1-11-2-5-13(6-3-11)22-9-16(20)18-12-4-7-15-14(8-12)19-17(21)10-23-15/h2-8H,9-10H2,1H3,(H,18,20)(H,19,21). The normalized spacial score (nSPS) is 12.7. The van der Waals surface area contributed by atoms with Crippen molar-refractivity contribution in [2.45, 2.75) is 6.92 Å². The van der Waals surface area contributed by atoms with Crippen LogP contribution >= 0.6 is 0 Å². The van der Waals surface area contributed by atoms with Crippen molar-refractivity contribution in [3.63, 3.8) is 0 Å². The third-order valence-corrected chi connectivity index (χ3v) is 3.29. The number of hydrogen-bond donors (Lipinski definition) is 2. The molecule has 118 valence electrons. The molecule has 0 fully saturated rings. The zero-order valence-corrected chi connectivity index (χ0v) is 12.6. The molecule has 1 heterocycles. The Hall–Kier alpha value is -3.02. The fourth-order valence-corrected chi connectivity index (χ4v) is 2.14. The Morgan fingerprint density at radius 1 is 1.26 bits per heavy atom. The van der Waals surface area contributed by atoms with E-state index in [-0.39, 0.29) is 25.0 Å². The van der Waals surface area contributed by atoms with Crippen LogP contribution < -0.4 is 20.1 Å². The average Bonchev–Trinajstić information content (AvgIpc) is 2.54. The zero-order chi connectivity index (χ0) is 16.2. The molecule has 0 unspecified atom stereocenters. The van der Waals surface area contributed by atoms with Crippen molar-refractivity contribution in [2.75, 3.05) is 23.8 Å². The van der Waals surface area contributed by atoms with Crippen LogP contribution in [0.5, 0.6) is 11.5 Å². The number of hydrogen-bond acceptors (Lipinski definition) is 4. The highest BCUT2D eigenvalue weighted by atomic mass is 16.5. The smallest absolute Gasteiger partial charge is 0.262 e. The van der Waals surface area contributed by atoms with Crippen molar-refractivity contribution in [3.8, 4) is 11.5 Å². The van der Waals surface area contributed by atoms with Gasteiger partial charge >= 0.3 is 0 Å². The monoisotopic (exact) mass is 312 g/mol. The lowest BCUT2D eigenvalue weighted by molar-refractivity contribution is -0.119. The minimum absolute atomic E-state index is 0.00307. The minimum atomic E-state index is -0.284. The highest BCUT2D eigenvalue weighted by Gasteiger charge is 2.16. The van der Waals surface area contributed by atoms with Crippen LogP contribution in [-0.2, 0) is 9.59 Å². The fraction of sp³-hybridized carbons (Fsp3) is 0.176. The molecule has 0 saturated carbocycles. The summed E-state index contributed by atoms with van der Waals surface area (Å²) in [5.74, 6) is 0.715. The molecule has 2 aromatic rings. The Bertz CT molecular complexity index is 741. The van der Waals surface area contributed by atoms with Crippen LogP contribution in [0.2, 0.25) is 0 Å². The highest BCUT2D eigenvalue weighted by molar-refractivity contribution is 5.97. The molecule has 0 spiro atoms. The lowest BCUT2D eigenvalue weighted by atomic mass is 10.2. The summed E-state index contributed by atoms with van der Waals surface area (Å²) in [4.78, 5) is 23.2. The molecule has 0 bridgehead atoms. The molecular weight excluding hydrogens is 296 g/mol. The SMILES string of the molecule is Cc1ccc(OCC(=O)Nc2ccc3c(c2)NC(=O)CO3)cc1. The Labute approximate surface area is 133 Å². The van der Waals surface area contributed by atoms with E-state index < -0.39 is 0 Å². The Morgan fingerprint density at radius 2 is 2.04 bits per heavy atom. The molecule has 3 rings (SSSR count). The summed E-state index contributed by atoms with van der Waals surface area (Å²) < 4.78 is 10.7. The van der Waals surface area contributed by atoms with Crippen molar-refractivity contribution in [2.24, 2.45) is 0 Å². The van der Waals surface area contributed by atoms with Gasteiger partial charge in [0.1, 0.15) is 11.5 Å². The minimum Gasteiger partial charge on any atom is -0.484 e. The van der Waals surface area contributed by atoms with Gasteiger partial charge in [0.2, 0.25) is 0 Å². The van der Waals surface area contributed by atoms with Crippen LogP contribution in [0.3, 0.4) is 0 Å². The van der Waals surface area contributed by atoms with Gasteiger partial charge in [-0.05, 0) is 37.3 Å². The summed E-state index contributed by atoms with van der Waals surface area (Å²) in [6, 6.07) is 12.5. The van der Waals surface area contributed by atoms with E-state index >= 15 is 0 Å². The van der Waals surface area contributed by atoms with E-state index in [0.717, 1.165) is 5.56 Å². The highest BCUT2D eigenvalue weighted by Crippen LogP contribution is 2.30. The molecule has 1 aliphatic rings. The molecule has 1 aliphatic heterocycles. The van der Waals surface area contributed by atoms with Gasteiger partial charge < -0.3 is 20.1 Å². The van der Waals surface area contributed by atoms with E-state index in [1.807, 2.05) is 31.2 Å². The van der Waals surface area contributed by atoms with Crippen molar-refractivity contribution in [1.82, 2.24) is 0 Å². The van der Waals surface area contributed by atoms with Crippen molar-refractivity contribution >= 4 is 23.2 Å². The quantitative estimate of drug-likeness (QED) is 0.908. The van der Waals surface area contributed by atoms with E-state index in [0.29, 0.717) is 22.9 Å². The summed E-state index contributed by atoms with van der Waals surface area (Å²) in [6.45, 7) is 1.89. The Balaban J connectivity index is 1.58. The Kier molecular flexibility index (Phi) is 4.14. The molecule has 2 N–H and O–H groups in total. The largest absolute Gasteiger partial charge is 0.484 e. The molecule has 0 atom stereocenters. The van der Waals surface area contributed by atoms with Crippen LogP contribution in [0, 0.1) is 6.92 Å². The predicted octanol–water partition coefficient (Wildman–Crippen LogP) is 2.34. The average molecular weight is 312 g/mol. The second-order valence-corrected chi connectivity index (χ2v) is 5.20. The van der Waals surface area contributed by atoms with Crippen LogP contribution in [0.4, 0.5) is 11.4 Å². The number of carbonyl (C=O) groups excluding carboxylic acids is 2. The first kappa shape index (κ1) is 14.9. The van der Waals surface area contributed by atoms with Crippen molar-refractivity contribution in [1.29, 1.82) is 0 Å². The first-order chi connectivity index (χ1) is 11.1. The number of rotatable bonds is 4. The number of nitrogens with one attached hydrogen (secondary N) is 2. The van der Waals surface area contributed by atoms with Gasteiger partial charge in [-0.3, -0.25) is 9.59 Å². The van der Waals surface area contributed by atoms with Gasteiger partial charge in [0.15, 0.2) is 13.2 Å². The van der Waals surface area contributed by atoms with Gasteiger partial charge in [-0.15, -0.1) is 0 Å². The van der Waals surface area contributed by atoms with Gasteiger partial charge in [-0.1, -0.05) is 17.7 Å². The summed E-state index contributed by atoms with van der Waals surface area (Å²) >= 11 is 0. The van der Waals surface area contributed by atoms with E-state index in [9.17, 15) is 9.59 Å². The van der Waals surface area contributed by atoms with E-state index in [2.05, 4.69) is 10.6 Å². The summed E-state index contributed by atoms with van der Waals surface area (Å²) in [6.07, 6.45) is 0. The molecule has 6 heteroatoms. The molecule has 23 heavy (non-hydrogen) atoms. The first-order valence-corrected chi connectivity index (χ1v) is 7.16. The van der Waals surface area contributed by atoms with E-state index in [1.54, 1.807) is 18.2 Å². The molecule has 0 aromatic heterocycles. The first-order valence-electron chi connectivity index (χ1n) is 7.16. The molecule has 6 nitrogen and oxygen atoms in total. The predicted molar refractivity (Wildman–Crippen MR) is 85.9 cm³/mol. The molecule has 2 aromatic carbocycles. The van der Waals surface area contributed by atoms with E-state index in [4.69, 9.17) is 9.47 Å². The number of anilines is 2. The van der Waals surface area contributed by atoms with Gasteiger partial charge in [0.25, 0.3) is 11.8 Å². The molecule has 2 amide bonds. The van der Waals surface area contributed by atoms with Gasteiger partial charge in [-0.25, -0.2) is 0 Å². The second kappa shape index (κ2) is 6.39. The zero-order valence-electron chi connectivity index (χ0n) is 12.6. The number of benzene rings is 2. The molecule has 0 radical (unpaired) electrons. The second-order valence-electron chi connectivity index (χ2n) is 5.20. The maximum atomic E-state index is 11.9. The lowest BCUT2D eigenvalue weighted by Crippen LogP contribution is -2.25. The fourth-order valence-electron chi connectivity index (χ4n) is 2.14. The van der Waals surface area contributed by atoms with E-state index in [1.165, 1.54) is 0 Å². The van der Waals surface area contributed by atoms with Crippen LogP contribution in [0.25, 0.3) is 0 Å². The number of amides is 2. The third-order valence-electron chi connectivity index (χ3n) is 3.29. The topological polar surface area (TPSA) is 76.7 Å². The maximum Gasteiger partial charge on any atom is 0.262 e. The molecular formula is C17H16N2O4. The summed E-state index contributed by atoms with van der Waals surface area (Å²) in [7, 11) is 0. The van der Waals surface area contributed by atoms with Gasteiger partial charge in [-0.2, -0.15) is 0 Å². The number of ether oxygens (including phenoxy) is 2. The van der Waals surface area contributed by atoms with Crippen LogP contribution in [-0.4, -0.2) is 25.0 Å². The van der Waals surface area contributed by atoms with Crippen LogP contribution in [0.1, 0.15) is 5.56 Å². The van der Waals surface area contributed by atoms with Crippen molar-refractivity contribution in [3.05, 3.63) is 48.0 Å². The summed E-state index contributed by atoms with van der Waals surface area (Å²) in [5.41, 5.74) is 2.23. The van der Waals surface area contributed by atoms with Crippen molar-refractivity contribution < 1.29 is 19.1 Å². The maximum absolute atomic E-state index is 11.9.